The second-order valence-corrected chi connectivity index (χ2v) is 8.68. The van der Waals surface area contributed by atoms with E-state index in [0.29, 0.717) is 35.7 Å². The summed E-state index contributed by atoms with van der Waals surface area (Å²) in [7, 11) is 0. The van der Waals surface area contributed by atoms with Gasteiger partial charge in [-0.3, -0.25) is 4.72 Å². The molecule has 0 spiro atoms. The first-order valence-electron chi connectivity index (χ1n) is 10.4. The Labute approximate surface area is 189 Å². The Morgan fingerprint density at radius 1 is 1.28 bits per heavy atom. The van der Waals surface area contributed by atoms with Crippen LogP contribution in [0.25, 0.3) is 22.5 Å². The minimum Gasteiger partial charge on any atom is -0.444 e. The SMILES string of the molecule is N#Cc1cccc(SN[C@H]2C[C@@H](Nc3c(-c4nc(CCO)co4)cnc4[nH]ccc34)C2)c1. The number of aromatic nitrogens is 3. The van der Waals surface area contributed by atoms with E-state index in [-0.39, 0.29) is 6.61 Å². The number of nitrogens with zero attached hydrogens (tertiary/aromatic N) is 3. The summed E-state index contributed by atoms with van der Waals surface area (Å²) >= 11 is 1.56. The van der Waals surface area contributed by atoms with E-state index in [1.54, 1.807) is 24.4 Å². The highest BCUT2D eigenvalue weighted by atomic mass is 32.2. The molecule has 0 unspecified atom stereocenters. The lowest BCUT2D eigenvalue weighted by molar-refractivity contribution is 0.298. The van der Waals surface area contributed by atoms with Crippen molar-refractivity contribution in [1.82, 2.24) is 19.7 Å². The smallest absolute Gasteiger partial charge is 0.229 e. The van der Waals surface area contributed by atoms with Crippen molar-refractivity contribution < 1.29 is 9.52 Å². The molecule has 0 aliphatic heterocycles. The molecule has 1 fully saturated rings. The van der Waals surface area contributed by atoms with Gasteiger partial charge in [-0.05, 0) is 49.1 Å². The molecule has 1 aliphatic rings. The number of pyridine rings is 1. The zero-order chi connectivity index (χ0) is 21.9. The Kier molecular flexibility index (Phi) is 5.81. The Morgan fingerprint density at radius 2 is 2.19 bits per heavy atom. The van der Waals surface area contributed by atoms with Crippen LogP contribution in [0.2, 0.25) is 0 Å². The van der Waals surface area contributed by atoms with E-state index in [4.69, 9.17) is 14.8 Å². The number of hydrogen-bond donors (Lipinski definition) is 4. The standard InChI is InChI=1S/C23H22N6O2S/c24-11-14-2-1-3-18(8-14)32-29-17-9-16(10-17)27-21-19-4-6-25-22(19)26-12-20(21)23-28-15(5-7-30)13-31-23/h1-4,6,8,12-13,16-17,29-30H,5,7,9-10H2,(H2,25,26,27)/t16-,17+. The summed E-state index contributed by atoms with van der Waals surface area (Å²) in [6.45, 7) is 0.0292. The van der Waals surface area contributed by atoms with Crippen LogP contribution < -0.4 is 10.0 Å². The number of aliphatic hydroxyl groups is 1. The maximum Gasteiger partial charge on any atom is 0.229 e. The fraction of sp³-hybridized carbons (Fsp3) is 0.261. The number of anilines is 1. The molecule has 1 saturated carbocycles. The van der Waals surface area contributed by atoms with Gasteiger partial charge in [-0.25, -0.2) is 9.97 Å². The number of fused-ring (bicyclic) bond motifs is 1. The van der Waals surface area contributed by atoms with Crippen LogP contribution in [0.5, 0.6) is 0 Å². The fourth-order valence-corrected chi connectivity index (χ4v) is 4.63. The highest BCUT2D eigenvalue weighted by molar-refractivity contribution is 7.97. The molecule has 0 saturated heterocycles. The molecule has 0 amide bonds. The van der Waals surface area contributed by atoms with Gasteiger partial charge in [0.05, 0.1) is 28.6 Å². The van der Waals surface area contributed by atoms with Gasteiger partial charge in [0.25, 0.3) is 0 Å². The lowest BCUT2D eigenvalue weighted by Crippen LogP contribution is -2.45. The van der Waals surface area contributed by atoms with Crippen molar-refractivity contribution in [1.29, 1.82) is 5.26 Å². The minimum absolute atomic E-state index is 0.0292. The number of hydrogen-bond acceptors (Lipinski definition) is 8. The quantitative estimate of drug-likeness (QED) is 0.301. The molecular weight excluding hydrogens is 424 g/mol. The number of nitrogens with one attached hydrogen (secondary N) is 3. The maximum atomic E-state index is 9.16. The van der Waals surface area contributed by atoms with Crippen molar-refractivity contribution in [3.8, 4) is 17.5 Å². The Morgan fingerprint density at radius 3 is 3.03 bits per heavy atom. The van der Waals surface area contributed by atoms with Gasteiger partial charge >= 0.3 is 0 Å². The molecule has 8 nitrogen and oxygen atoms in total. The van der Waals surface area contributed by atoms with Crippen LogP contribution in [0.3, 0.4) is 0 Å². The predicted octanol–water partition coefficient (Wildman–Crippen LogP) is 3.86. The van der Waals surface area contributed by atoms with E-state index in [0.717, 1.165) is 40.0 Å². The average Bonchev–Trinajstić information content (AvgIpc) is 3.45. The summed E-state index contributed by atoms with van der Waals surface area (Å²) < 4.78 is 9.17. The van der Waals surface area contributed by atoms with Crippen LogP contribution in [0.4, 0.5) is 5.69 Å². The highest BCUT2D eigenvalue weighted by Crippen LogP contribution is 2.36. The molecule has 4 N–H and O–H groups in total. The number of rotatable bonds is 8. The molecule has 32 heavy (non-hydrogen) atoms. The number of benzene rings is 1. The molecule has 0 bridgehead atoms. The first-order chi connectivity index (χ1) is 15.7. The van der Waals surface area contributed by atoms with Crippen LogP contribution in [0.15, 0.2) is 58.3 Å². The Balaban J connectivity index is 1.27. The van der Waals surface area contributed by atoms with Gasteiger partial charge in [0, 0.05) is 47.8 Å². The monoisotopic (exact) mass is 446 g/mol. The minimum atomic E-state index is 0.0292. The number of aromatic amines is 1. The molecule has 1 aromatic carbocycles. The second-order valence-electron chi connectivity index (χ2n) is 7.77. The number of aliphatic hydroxyl groups excluding tert-OH is 1. The molecule has 162 valence electrons. The summed E-state index contributed by atoms with van der Waals surface area (Å²) in [6.07, 6.45) is 7.62. The van der Waals surface area contributed by atoms with Crippen LogP contribution >= 0.6 is 11.9 Å². The zero-order valence-corrected chi connectivity index (χ0v) is 18.0. The van der Waals surface area contributed by atoms with Crippen LogP contribution in [-0.2, 0) is 6.42 Å². The molecule has 0 atom stereocenters. The second kappa shape index (κ2) is 9.04. The van der Waals surface area contributed by atoms with Gasteiger partial charge in [-0.1, -0.05) is 6.07 Å². The van der Waals surface area contributed by atoms with Gasteiger partial charge in [-0.15, -0.1) is 0 Å². The first kappa shape index (κ1) is 20.6. The fourth-order valence-electron chi connectivity index (χ4n) is 3.80. The van der Waals surface area contributed by atoms with Crippen molar-refractivity contribution in [2.24, 2.45) is 0 Å². The average molecular weight is 447 g/mol. The summed E-state index contributed by atoms with van der Waals surface area (Å²) in [5.74, 6) is 0.494. The highest BCUT2D eigenvalue weighted by Gasteiger charge is 2.30. The van der Waals surface area contributed by atoms with Crippen molar-refractivity contribution in [3.05, 3.63) is 60.2 Å². The number of oxazole rings is 1. The molecule has 9 heteroatoms. The molecule has 0 radical (unpaired) electrons. The molecule has 3 heterocycles. The van der Waals surface area contributed by atoms with Crippen LogP contribution in [0, 0.1) is 11.3 Å². The molecule has 3 aromatic heterocycles. The van der Waals surface area contributed by atoms with Crippen molar-refractivity contribution >= 4 is 28.7 Å². The van der Waals surface area contributed by atoms with Gasteiger partial charge < -0.3 is 19.8 Å². The molecular formula is C23H22N6O2S. The largest absolute Gasteiger partial charge is 0.444 e. The lowest BCUT2D eigenvalue weighted by Gasteiger charge is -2.37. The van der Waals surface area contributed by atoms with Gasteiger partial charge in [0.1, 0.15) is 11.9 Å². The van der Waals surface area contributed by atoms with E-state index in [1.807, 2.05) is 36.5 Å². The summed E-state index contributed by atoms with van der Waals surface area (Å²) in [4.78, 5) is 13.2. The topological polar surface area (TPSA) is 123 Å². The Hall–Kier alpha value is -3.32. The lowest BCUT2D eigenvalue weighted by atomic mass is 9.87. The van der Waals surface area contributed by atoms with E-state index in [9.17, 15) is 0 Å². The summed E-state index contributed by atoms with van der Waals surface area (Å²) in [6, 6.07) is 12.5. The van der Waals surface area contributed by atoms with Gasteiger partial charge in [0.15, 0.2) is 0 Å². The molecule has 4 aromatic rings. The Bertz CT molecular complexity index is 1270. The van der Waals surface area contributed by atoms with Crippen molar-refractivity contribution in [3.63, 3.8) is 0 Å². The van der Waals surface area contributed by atoms with E-state index >= 15 is 0 Å². The van der Waals surface area contributed by atoms with E-state index < -0.39 is 0 Å². The number of nitriles is 1. The third-order valence-corrected chi connectivity index (χ3v) is 6.47. The normalized spacial score (nSPS) is 17.8. The molecule has 1 aliphatic carbocycles. The first-order valence-corrected chi connectivity index (χ1v) is 11.3. The number of H-pyrrole nitrogens is 1. The molecule has 5 rings (SSSR count). The van der Waals surface area contributed by atoms with E-state index in [2.05, 4.69) is 31.1 Å². The van der Waals surface area contributed by atoms with Crippen molar-refractivity contribution in [2.75, 3.05) is 11.9 Å². The van der Waals surface area contributed by atoms with Crippen molar-refractivity contribution in [2.45, 2.75) is 36.2 Å². The van der Waals surface area contributed by atoms with Gasteiger partial charge in [0.2, 0.25) is 5.89 Å². The zero-order valence-electron chi connectivity index (χ0n) is 17.2. The van der Waals surface area contributed by atoms with E-state index in [1.165, 1.54) is 0 Å². The third-order valence-electron chi connectivity index (χ3n) is 5.53. The predicted molar refractivity (Wildman–Crippen MR) is 123 cm³/mol. The third kappa shape index (κ3) is 4.21. The summed E-state index contributed by atoms with van der Waals surface area (Å²) in [5, 5.41) is 22.9. The van der Waals surface area contributed by atoms with Gasteiger partial charge in [-0.2, -0.15) is 5.26 Å². The van der Waals surface area contributed by atoms with Crippen LogP contribution in [0.1, 0.15) is 24.1 Å². The summed E-state index contributed by atoms with van der Waals surface area (Å²) in [5.41, 5.74) is 3.94. The maximum absolute atomic E-state index is 9.16. The van der Waals surface area contributed by atoms with Crippen LogP contribution in [-0.4, -0.2) is 38.7 Å².